The molecule has 4 nitrogen and oxygen atoms in total. The Morgan fingerprint density at radius 3 is 2.75 bits per heavy atom. The molecule has 20 heavy (non-hydrogen) atoms. The SMILES string of the molecule is CC1CCNCC1NS(=O)(=O)c1ccc(Br)c(F)c1.Cl. The van der Waals surface area contributed by atoms with Gasteiger partial charge in [-0.2, -0.15) is 0 Å². The molecule has 0 aromatic heterocycles. The molecular weight excluding hydrogens is 371 g/mol. The number of halogens is 3. The van der Waals surface area contributed by atoms with E-state index in [0.29, 0.717) is 6.54 Å². The van der Waals surface area contributed by atoms with Gasteiger partial charge in [-0.3, -0.25) is 0 Å². The zero-order valence-electron chi connectivity index (χ0n) is 10.9. The molecule has 2 rings (SSSR count). The van der Waals surface area contributed by atoms with E-state index in [1.54, 1.807) is 0 Å². The Hall–Kier alpha value is -0.210. The monoisotopic (exact) mass is 386 g/mol. The Bertz CT molecular complexity index is 571. The van der Waals surface area contributed by atoms with Crippen molar-refractivity contribution in [1.29, 1.82) is 0 Å². The highest BCUT2D eigenvalue weighted by Crippen LogP contribution is 2.20. The first-order valence-corrected chi connectivity index (χ1v) is 8.36. The number of nitrogens with one attached hydrogen (secondary N) is 2. The van der Waals surface area contributed by atoms with Gasteiger partial charge in [0.25, 0.3) is 0 Å². The first-order chi connectivity index (χ1) is 8.90. The molecule has 8 heteroatoms. The molecule has 114 valence electrons. The van der Waals surface area contributed by atoms with Crippen LogP contribution in [0, 0.1) is 11.7 Å². The van der Waals surface area contributed by atoms with Crippen LogP contribution < -0.4 is 10.0 Å². The van der Waals surface area contributed by atoms with E-state index < -0.39 is 15.8 Å². The van der Waals surface area contributed by atoms with Gasteiger partial charge in [0, 0.05) is 12.6 Å². The molecule has 1 aliphatic rings. The molecule has 0 radical (unpaired) electrons. The smallest absolute Gasteiger partial charge is 0.240 e. The molecule has 2 unspecified atom stereocenters. The lowest BCUT2D eigenvalue weighted by molar-refractivity contribution is 0.327. The Balaban J connectivity index is 0.00000200. The normalized spacial score (nSPS) is 23.1. The van der Waals surface area contributed by atoms with E-state index >= 15 is 0 Å². The van der Waals surface area contributed by atoms with Gasteiger partial charge in [-0.05, 0) is 53.0 Å². The van der Waals surface area contributed by atoms with E-state index in [1.807, 2.05) is 6.92 Å². The van der Waals surface area contributed by atoms with Crippen molar-refractivity contribution < 1.29 is 12.8 Å². The molecule has 2 atom stereocenters. The lowest BCUT2D eigenvalue weighted by Crippen LogP contribution is -2.50. The molecule has 1 saturated heterocycles. The highest BCUT2D eigenvalue weighted by molar-refractivity contribution is 9.10. The van der Waals surface area contributed by atoms with Gasteiger partial charge in [0.05, 0.1) is 9.37 Å². The minimum atomic E-state index is -3.68. The van der Waals surface area contributed by atoms with E-state index in [4.69, 9.17) is 0 Å². The Morgan fingerprint density at radius 1 is 1.45 bits per heavy atom. The maximum absolute atomic E-state index is 13.4. The van der Waals surface area contributed by atoms with Gasteiger partial charge in [-0.25, -0.2) is 17.5 Å². The average Bonchev–Trinajstić information content (AvgIpc) is 2.35. The van der Waals surface area contributed by atoms with Crippen molar-refractivity contribution in [3.8, 4) is 0 Å². The first-order valence-electron chi connectivity index (χ1n) is 6.08. The van der Waals surface area contributed by atoms with Gasteiger partial charge in [-0.1, -0.05) is 6.92 Å². The first kappa shape index (κ1) is 17.8. The molecule has 0 amide bonds. The van der Waals surface area contributed by atoms with Crippen LogP contribution in [0.3, 0.4) is 0 Å². The number of sulfonamides is 1. The van der Waals surface area contributed by atoms with Crippen molar-refractivity contribution in [1.82, 2.24) is 10.0 Å². The van der Waals surface area contributed by atoms with Crippen LogP contribution in [0.1, 0.15) is 13.3 Å². The maximum Gasteiger partial charge on any atom is 0.240 e. The molecule has 0 bridgehead atoms. The topological polar surface area (TPSA) is 58.2 Å². The summed E-state index contributed by atoms with van der Waals surface area (Å²) in [5.74, 6) is -0.325. The quantitative estimate of drug-likeness (QED) is 0.836. The van der Waals surface area contributed by atoms with Crippen LogP contribution in [0.15, 0.2) is 27.6 Å². The third kappa shape index (κ3) is 4.14. The molecular formula is C12H17BrClFN2O2S. The molecule has 1 fully saturated rings. The maximum atomic E-state index is 13.4. The lowest BCUT2D eigenvalue weighted by Gasteiger charge is -2.29. The number of rotatable bonds is 3. The van der Waals surface area contributed by atoms with Crippen molar-refractivity contribution in [3.63, 3.8) is 0 Å². The van der Waals surface area contributed by atoms with Gasteiger partial charge in [0.1, 0.15) is 5.82 Å². The zero-order chi connectivity index (χ0) is 14.0. The summed E-state index contributed by atoms with van der Waals surface area (Å²) >= 11 is 3.00. The van der Waals surface area contributed by atoms with Crippen LogP contribution >= 0.6 is 28.3 Å². The molecule has 2 N–H and O–H groups in total. The molecule has 0 spiro atoms. The molecule has 0 saturated carbocycles. The second-order valence-corrected chi connectivity index (χ2v) is 7.34. The molecule has 1 aromatic rings. The summed E-state index contributed by atoms with van der Waals surface area (Å²) in [5, 5.41) is 3.15. The average molecular weight is 388 g/mol. The van der Waals surface area contributed by atoms with Crippen LogP contribution in [0.5, 0.6) is 0 Å². The van der Waals surface area contributed by atoms with E-state index in [9.17, 15) is 12.8 Å². The zero-order valence-corrected chi connectivity index (χ0v) is 14.1. The Labute approximate surface area is 133 Å². The summed E-state index contributed by atoms with van der Waals surface area (Å²) in [6.07, 6.45) is 0.919. The van der Waals surface area contributed by atoms with E-state index in [-0.39, 0.29) is 33.7 Å². The number of benzene rings is 1. The van der Waals surface area contributed by atoms with Crippen LogP contribution in [-0.4, -0.2) is 27.5 Å². The van der Waals surface area contributed by atoms with E-state index in [1.165, 1.54) is 12.1 Å². The molecule has 1 aliphatic heterocycles. The highest BCUT2D eigenvalue weighted by atomic mass is 79.9. The van der Waals surface area contributed by atoms with Gasteiger partial charge >= 0.3 is 0 Å². The van der Waals surface area contributed by atoms with Crippen LogP contribution in [0.2, 0.25) is 0 Å². The lowest BCUT2D eigenvalue weighted by atomic mass is 9.96. The largest absolute Gasteiger partial charge is 0.315 e. The van der Waals surface area contributed by atoms with Gasteiger partial charge in [0.15, 0.2) is 0 Å². The summed E-state index contributed by atoms with van der Waals surface area (Å²) in [6.45, 7) is 3.50. The fraction of sp³-hybridized carbons (Fsp3) is 0.500. The summed E-state index contributed by atoms with van der Waals surface area (Å²) in [7, 11) is -3.68. The van der Waals surface area contributed by atoms with Gasteiger partial charge < -0.3 is 5.32 Å². The molecule has 1 heterocycles. The van der Waals surface area contributed by atoms with E-state index in [0.717, 1.165) is 19.0 Å². The van der Waals surface area contributed by atoms with Gasteiger partial charge in [-0.15, -0.1) is 12.4 Å². The molecule has 0 aliphatic carbocycles. The minimum absolute atomic E-state index is 0. The predicted octanol–water partition coefficient (Wildman–Crippen LogP) is 2.29. The minimum Gasteiger partial charge on any atom is -0.315 e. The standard InChI is InChI=1S/C12H16BrFN2O2S.ClH/c1-8-4-5-15-7-12(8)16-19(17,18)9-2-3-10(13)11(14)6-9;/h2-3,6,8,12,15-16H,4-5,7H2,1H3;1H. The van der Waals surface area contributed by atoms with Crippen LogP contribution in [0.4, 0.5) is 4.39 Å². The summed E-state index contributed by atoms with van der Waals surface area (Å²) in [4.78, 5) is -0.0500. The Morgan fingerprint density at radius 2 is 2.15 bits per heavy atom. The predicted molar refractivity (Wildman–Crippen MR) is 82.1 cm³/mol. The summed E-state index contributed by atoms with van der Waals surface area (Å²) < 4.78 is 40.7. The fourth-order valence-electron chi connectivity index (χ4n) is 2.06. The van der Waals surface area contributed by atoms with Crippen molar-refractivity contribution in [2.75, 3.05) is 13.1 Å². The number of hydrogen-bond acceptors (Lipinski definition) is 3. The number of piperidine rings is 1. The van der Waals surface area contributed by atoms with Crippen molar-refractivity contribution >= 4 is 38.4 Å². The van der Waals surface area contributed by atoms with Crippen molar-refractivity contribution in [3.05, 3.63) is 28.5 Å². The van der Waals surface area contributed by atoms with Crippen molar-refractivity contribution in [2.24, 2.45) is 5.92 Å². The third-order valence-electron chi connectivity index (χ3n) is 3.34. The van der Waals surface area contributed by atoms with Crippen LogP contribution in [0.25, 0.3) is 0 Å². The van der Waals surface area contributed by atoms with Crippen LogP contribution in [-0.2, 0) is 10.0 Å². The fourth-order valence-corrected chi connectivity index (χ4v) is 3.66. The Kier molecular flexibility index (Phi) is 6.40. The van der Waals surface area contributed by atoms with Gasteiger partial charge in [0.2, 0.25) is 10.0 Å². The highest BCUT2D eigenvalue weighted by Gasteiger charge is 2.26. The third-order valence-corrected chi connectivity index (χ3v) is 5.47. The van der Waals surface area contributed by atoms with Crippen molar-refractivity contribution in [2.45, 2.75) is 24.3 Å². The number of hydrogen-bond donors (Lipinski definition) is 2. The second kappa shape index (κ2) is 7.17. The van der Waals surface area contributed by atoms with E-state index in [2.05, 4.69) is 26.0 Å². The second-order valence-electron chi connectivity index (χ2n) is 4.77. The summed E-state index contributed by atoms with van der Waals surface area (Å²) in [6, 6.07) is 3.64. The molecule has 1 aromatic carbocycles. The summed E-state index contributed by atoms with van der Waals surface area (Å²) in [5.41, 5.74) is 0.